The van der Waals surface area contributed by atoms with Gasteiger partial charge in [-0.1, -0.05) is 12.1 Å². The summed E-state index contributed by atoms with van der Waals surface area (Å²) >= 11 is 0. The summed E-state index contributed by atoms with van der Waals surface area (Å²) in [5.41, 5.74) is -0.556. The minimum atomic E-state index is -0.972. The topological polar surface area (TPSA) is 70.0 Å². The van der Waals surface area contributed by atoms with Crippen molar-refractivity contribution in [1.29, 1.82) is 0 Å². The van der Waals surface area contributed by atoms with Crippen molar-refractivity contribution in [2.24, 2.45) is 0 Å². The lowest BCUT2D eigenvalue weighted by atomic mass is 9.85. The van der Waals surface area contributed by atoms with Gasteiger partial charge in [0.2, 0.25) is 0 Å². The number of aliphatic hydroxyl groups is 2. The monoisotopic (exact) mass is 367 g/mol. The summed E-state index contributed by atoms with van der Waals surface area (Å²) in [6.07, 6.45) is 1.23. The standard InChI is InChI=1S/C20H30FNO4/c1-19(2,3)26-18(24)22-12-10-20(25,11-13-22)14-17(23)9-6-15-4-7-16(21)8-5-15/h4-5,7-8,17,23,25H,6,9-14H2,1-3H3. The molecule has 0 spiro atoms. The van der Waals surface area contributed by atoms with Gasteiger partial charge in [0, 0.05) is 19.5 Å². The van der Waals surface area contributed by atoms with Gasteiger partial charge in [-0.05, 0) is 64.2 Å². The zero-order chi connectivity index (χ0) is 19.4. The molecule has 1 aromatic rings. The first-order valence-electron chi connectivity index (χ1n) is 9.19. The van der Waals surface area contributed by atoms with Gasteiger partial charge in [0.1, 0.15) is 11.4 Å². The Morgan fingerprint density at radius 2 is 1.85 bits per heavy atom. The van der Waals surface area contributed by atoms with Crippen LogP contribution in [0.1, 0.15) is 52.0 Å². The zero-order valence-corrected chi connectivity index (χ0v) is 15.9. The van der Waals surface area contributed by atoms with E-state index in [9.17, 15) is 19.4 Å². The molecule has 1 amide bonds. The van der Waals surface area contributed by atoms with Crippen molar-refractivity contribution in [3.05, 3.63) is 35.6 Å². The van der Waals surface area contributed by atoms with Crippen LogP contribution in [-0.4, -0.2) is 51.6 Å². The molecule has 0 saturated carbocycles. The Morgan fingerprint density at radius 1 is 1.27 bits per heavy atom. The smallest absolute Gasteiger partial charge is 0.410 e. The van der Waals surface area contributed by atoms with Crippen LogP contribution in [0.15, 0.2) is 24.3 Å². The highest BCUT2D eigenvalue weighted by Crippen LogP contribution is 2.29. The number of carbonyl (C=O) groups is 1. The van der Waals surface area contributed by atoms with Gasteiger partial charge in [0.15, 0.2) is 0 Å². The quantitative estimate of drug-likeness (QED) is 0.838. The first-order chi connectivity index (χ1) is 12.1. The van der Waals surface area contributed by atoms with E-state index in [1.54, 1.807) is 17.0 Å². The summed E-state index contributed by atoms with van der Waals surface area (Å²) in [4.78, 5) is 13.7. The molecule has 2 N–H and O–H groups in total. The van der Waals surface area contributed by atoms with Crippen LogP contribution in [0.2, 0.25) is 0 Å². The molecule has 26 heavy (non-hydrogen) atoms. The molecule has 1 heterocycles. The van der Waals surface area contributed by atoms with Crippen molar-refractivity contribution in [2.45, 2.75) is 70.2 Å². The number of likely N-dealkylation sites (tertiary alicyclic amines) is 1. The average Bonchev–Trinajstić information content (AvgIpc) is 2.53. The highest BCUT2D eigenvalue weighted by molar-refractivity contribution is 5.68. The van der Waals surface area contributed by atoms with Crippen LogP contribution >= 0.6 is 0 Å². The zero-order valence-electron chi connectivity index (χ0n) is 15.9. The highest BCUT2D eigenvalue weighted by Gasteiger charge is 2.36. The Labute approximate surface area is 154 Å². The third-order valence-electron chi connectivity index (χ3n) is 4.64. The van der Waals surface area contributed by atoms with Crippen LogP contribution in [0, 0.1) is 5.82 Å². The van der Waals surface area contributed by atoms with Gasteiger partial charge >= 0.3 is 6.09 Å². The molecule has 0 radical (unpaired) electrons. The van der Waals surface area contributed by atoms with Gasteiger partial charge in [0.25, 0.3) is 0 Å². The molecule has 6 heteroatoms. The number of amides is 1. The number of carbonyl (C=O) groups excluding carboxylic acids is 1. The Kier molecular flexibility index (Phi) is 6.64. The predicted octanol–water partition coefficient (Wildman–Crippen LogP) is 3.27. The average molecular weight is 367 g/mol. The first kappa shape index (κ1) is 20.6. The minimum Gasteiger partial charge on any atom is -0.444 e. The summed E-state index contributed by atoms with van der Waals surface area (Å²) in [7, 11) is 0. The van der Waals surface area contributed by atoms with Crippen molar-refractivity contribution in [2.75, 3.05) is 13.1 Å². The van der Waals surface area contributed by atoms with E-state index in [0.29, 0.717) is 38.8 Å². The molecule has 1 aromatic carbocycles. The lowest BCUT2D eigenvalue weighted by Gasteiger charge is -2.39. The van der Waals surface area contributed by atoms with Crippen LogP contribution < -0.4 is 0 Å². The van der Waals surface area contributed by atoms with Gasteiger partial charge in [-0.25, -0.2) is 9.18 Å². The van der Waals surface area contributed by atoms with Crippen molar-refractivity contribution < 1.29 is 24.1 Å². The molecule has 1 atom stereocenters. The second kappa shape index (κ2) is 8.35. The second-order valence-electron chi connectivity index (χ2n) is 8.21. The predicted molar refractivity (Wildman–Crippen MR) is 97.3 cm³/mol. The van der Waals surface area contributed by atoms with E-state index >= 15 is 0 Å². The molecule has 1 saturated heterocycles. The third kappa shape index (κ3) is 6.57. The molecular weight excluding hydrogens is 337 g/mol. The van der Waals surface area contributed by atoms with Crippen LogP contribution in [0.4, 0.5) is 9.18 Å². The summed E-state index contributed by atoms with van der Waals surface area (Å²) < 4.78 is 18.3. The van der Waals surface area contributed by atoms with Crippen LogP contribution in [0.5, 0.6) is 0 Å². The molecule has 1 unspecified atom stereocenters. The van der Waals surface area contributed by atoms with E-state index in [1.165, 1.54) is 12.1 Å². The summed E-state index contributed by atoms with van der Waals surface area (Å²) in [5, 5.41) is 21.0. The van der Waals surface area contributed by atoms with Gasteiger partial charge in [-0.3, -0.25) is 0 Å². The fourth-order valence-electron chi connectivity index (χ4n) is 3.16. The van der Waals surface area contributed by atoms with Crippen molar-refractivity contribution in [3.8, 4) is 0 Å². The van der Waals surface area contributed by atoms with Crippen LogP contribution in [0.25, 0.3) is 0 Å². The van der Waals surface area contributed by atoms with E-state index < -0.39 is 17.3 Å². The maximum absolute atomic E-state index is 12.9. The Bertz CT molecular complexity index is 589. The number of rotatable bonds is 5. The van der Waals surface area contributed by atoms with Gasteiger partial charge < -0.3 is 19.8 Å². The largest absolute Gasteiger partial charge is 0.444 e. The lowest BCUT2D eigenvalue weighted by Crippen LogP contribution is -2.49. The number of nitrogens with zero attached hydrogens (tertiary/aromatic N) is 1. The van der Waals surface area contributed by atoms with Crippen LogP contribution in [0.3, 0.4) is 0 Å². The number of ether oxygens (including phenoxy) is 1. The molecule has 5 nitrogen and oxygen atoms in total. The van der Waals surface area contributed by atoms with E-state index in [1.807, 2.05) is 20.8 Å². The Morgan fingerprint density at radius 3 is 2.38 bits per heavy atom. The number of hydrogen-bond acceptors (Lipinski definition) is 4. The molecule has 2 rings (SSSR count). The molecular formula is C20H30FNO4. The molecule has 0 aromatic heterocycles. The summed E-state index contributed by atoms with van der Waals surface area (Å²) in [6.45, 7) is 6.29. The van der Waals surface area contributed by atoms with E-state index in [2.05, 4.69) is 0 Å². The molecule has 1 fully saturated rings. The lowest BCUT2D eigenvalue weighted by molar-refractivity contribution is -0.0587. The molecule has 1 aliphatic rings. The number of hydrogen-bond donors (Lipinski definition) is 2. The van der Waals surface area contributed by atoms with Crippen molar-refractivity contribution in [3.63, 3.8) is 0 Å². The van der Waals surface area contributed by atoms with Crippen molar-refractivity contribution in [1.82, 2.24) is 4.90 Å². The molecule has 146 valence electrons. The molecule has 0 aliphatic carbocycles. The second-order valence-corrected chi connectivity index (χ2v) is 8.21. The first-order valence-corrected chi connectivity index (χ1v) is 9.19. The maximum Gasteiger partial charge on any atom is 0.410 e. The van der Waals surface area contributed by atoms with E-state index in [0.717, 1.165) is 5.56 Å². The summed E-state index contributed by atoms with van der Waals surface area (Å²) in [6, 6.07) is 6.22. The fraction of sp³-hybridized carbons (Fsp3) is 0.650. The van der Waals surface area contributed by atoms with Crippen molar-refractivity contribution >= 4 is 6.09 Å². The Hall–Kier alpha value is -1.66. The third-order valence-corrected chi connectivity index (χ3v) is 4.64. The van der Waals surface area contributed by atoms with E-state index in [4.69, 9.17) is 4.74 Å². The highest BCUT2D eigenvalue weighted by atomic mass is 19.1. The van der Waals surface area contributed by atoms with Gasteiger partial charge in [0.05, 0.1) is 11.7 Å². The SMILES string of the molecule is CC(C)(C)OC(=O)N1CCC(O)(CC(O)CCc2ccc(F)cc2)CC1. The van der Waals surface area contributed by atoms with E-state index in [-0.39, 0.29) is 18.3 Å². The molecule has 1 aliphatic heterocycles. The number of piperidine rings is 1. The number of halogens is 1. The number of benzene rings is 1. The molecule has 0 bridgehead atoms. The Balaban J connectivity index is 1.77. The number of aliphatic hydroxyl groups excluding tert-OH is 1. The maximum atomic E-state index is 12.9. The normalized spacial score (nSPS) is 18.5. The van der Waals surface area contributed by atoms with Gasteiger partial charge in [-0.2, -0.15) is 0 Å². The number of aryl methyl sites for hydroxylation is 1. The van der Waals surface area contributed by atoms with Gasteiger partial charge in [-0.15, -0.1) is 0 Å². The minimum absolute atomic E-state index is 0.274. The summed E-state index contributed by atoms with van der Waals surface area (Å²) in [5.74, 6) is -0.277. The van der Waals surface area contributed by atoms with Crippen LogP contribution in [-0.2, 0) is 11.2 Å². The fourth-order valence-corrected chi connectivity index (χ4v) is 3.16.